The van der Waals surface area contributed by atoms with Crippen molar-refractivity contribution < 1.29 is 13.2 Å². The van der Waals surface area contributed by atoms with Gasteiger partial charge < -0.3 is 4.74 Å². The Morgan fingerprint density at radius 2 is 2.06 bits per heavy atom. The van der Waals surface area contributed by atoms with Gasteiger partial charge in [-0.1, -0.05) is 11.6 Å². The maximum Gasteiger partial charge on any atom is 0.304 e. The number of aryl methyl sites for hydroxylation is 1. The van der Waals surface area contributed by atoms with Gasteiger partial charge in [0, 0.05) is 18.8 Å². The molecule has 1 saturated heterocycles. The minimum absolute atomic E-state index is 0.0218. The summed E-state index contributed by atoms with van der Waals surface area (Å²) in [6, 6.07) is 1.55. The molecule has 0 saturated carbocycles. The molecule has 1 aromatic heterocycles. The molecule has 0 radical (unpaired) electrons. The molecule has 0 unspecified atom stereocenters. The third-order valence-electron chi connectivity index (χ3n) is 2.35. The normalized spacial score (nSPS) is 17.7. The fourth-order valence-electron chi connectivity index (χ4n) is 1.54. The van der Waals surface area contributed by atoms with Crippen LogP contribution in [-0.4, -0.2) is 49.0 Å². The zero-order valence-electron chi connectivity index (χ0n) is 9.76. The van der Waals surface area contributed by atoms with Gasteiger partial charge >= 0.3 is 10.2 Å². The quantitative estimate of drug-likeness (QED) is 0.817. The van der Waals surface area contributed by atoms with E-state index in [0.717, 1.165) is 0 Å². The Kier molecular flexibility index (Phi) is 4.00. The summed E-state index contributed by atoms with van der Waals surface area (Å²) < 4.78 is 32.7. The highest BCUT2D eigenvalue weighted by Gasteiger charge is 2.25. The predicted octanol–water partition coefficient (Wildman–Crippen LogP) is 0.427. The van der Waals surface area contributed by atoms with Crippen LogP contribution < -0.4 is 4.72 Å². The summed E-state index contributed by atoms with van der Waals surface area (Å²) >= 11 is 5.75. The van der Waals surface area contributed by atoms with E-state index in [2.05, 4.69) is 14.7 Å². The van der Waals surface area contributed by atoms with E-state index in [1.54, 1.807) is 13.0 Å². The monoisotopic (exact) mass is 292 g/mol. The second kappa shape index (κ2) is 5.35. The Bertz CT molecular complexity index is 510. The van der Waals surface area contributed by atoms with Crippen LogP contribution in [0.1, 0.15) is 5.69 Å². The van der Waals surface area contributed by atoms with Crippen molar-refractivity contribution in [2.45, 2.75) is 6.92 Å². The Morgan fingerprint density at radius 3 is 2.67 bits per heavy atom. The van der Waals surface area contributed by atoms with Crippen molar-refractivity contribution in [3.05, 3.63) is 16.9 Å². The van der Waals surface area contributed by atoms with E-state index in [0.29, 0.717) is 32.0 Å². The smallest absolute Gasteiger partial charge is 0.304 e. The van der Waals surface area contributed by atoms with E-state index in [9.17, 15) is 8.42 Å². The Labute approximate surface area is 110 Å². The molecule has 1 aliphatic heterocycles. The van der Waals surface area contributed by atoms with Gasteiger partial charge in [0.05, 0.1) is 13.2 Å². The van der Waals surface area contributed by atoms with Crippen molar-refractivity contribution in [1.29, 1.82) is 0 Å². The summed E-state index contributed by atoms with van der Waals surface area (Å²) in [6.45, 7) is 3.11. The fraction of sp³-hybridized carbons (Fsp3) is 0.556. The number of ether oxygens (including phenoxy) is 1. The van der Waals surface area contributed by atoms with Crippen molar-refractivity contribution in [3.8, 4) is 0 Å². The number of hydrogen-bond donors (Lipinski definition) is 1. The SMILES string of the molecule is Cc1cc(Cl)nc(NS(=O)(=O)N2CCOCC2)n1. The molecular weight excluding hydrogens is 280 g/mol. The summed E-state index contributed by atoms with van der Waals surface area (Å²) in [7, 11) is -3.65. The van der Waals surface area contributed by atoms with Gasteiger partial charge in [-0.3, -0.25) is 0 Å². The van der Waals surface area contributed by atoms with Crippen LogP contribution in [0, 0.1) is 6.92 Å². The molecule has 7 nitrogen and oxygen atoms in total. The van der Waals surface area contributed by atoms with E-state index in [1.807, 2.05) is 0 Å². The highest BCUT2D eigenvalue weighted by molar-refractivity contribution is 7.90. The van der Waals surface area contributed by atoms with Crippen LogP contribution in [0.4, 0.5) is 5.95 Å². The molecule has 1 aromatic rings. The molecule has 18 heavy (non-hydrogen) atoms. The number of nitrogens with zero attached hydrogens (tertiary/aromatic N) is 3. The van der Waals surface area contributed by atoms with Gasteiger partial charge in [-0.2, -0.15) is 12.7 Å². The highest BCUT2D eigenvalue weighted by atomic mass is 35.5. The first-order chi connectivity index (χ1) is 8.47. The van der Waals surface area contributed by atoms with Gasteiger partial charge in [0.25, 0.3) is 0 Å². The summed E-state index contributed by atoms with van der Waals surface area (Å²) in [6.07, 6.45) is 0. The zero-order valence-corrected chi connectivity index (χ0v) is 11.3. The van der Waals surface area contributed by atoms with Gasteiger partial charge in [0.15, 0.2) is 0 Å². The van der Waals surface area contributed by atoms with Crippen molar-refractivity contribution in [2.24, 2.45) is 0 Å². The number of hydrogen-bond acceptors (Lipinski definition) is 5. The fourth-order valence-corrected chi connectivity index (χ4v) is 2.86. The largest absolute Gasteiger partial charge is 0.379 e. The molecule has 0 aliphatic carbocycles. The minimum Gasteiger partial charge on any atom is -0.379 e. The molecule has 0 spiro atoms. The van der Waals surface area contributed by atoms with Crippen LogP contribution >= 0.6 is 11.6 Å². The molecule has 100 valence electrons. The van der Waals surface area contributed by atoms with Crippen LogP contribution in [0.25, 0.3) is 0 Å². The lowest BCUT2D eigenvalue weighted by atomic mass is 10.5. The molecule has 0 amide bonds. The van der Waals surface area contributed by atoms with Crippen LogP contribution in [0.15, 0.2) is 6.07 Å². The van der Waals surface area contributed by atoms with Crippen LogP contribution in [0.5, 0.6) is 0 Å². The molecule has 1 aliphatic rings. The molecule has 9 heteroatoms. The third-order valence-corrected chi connectivity index (χ3v) is 4.03. The number of morpholine rings is 1. The number of halogens is 1. The van der Waals surface area contributed by atoms with Crippen LogP contribution in [0.3, 0.4) is 0 Å². The molecule has 0 atom stereocenters. The van der Waals surface area contributed by atoms with E-state index >= 15 is 0 Å². The lowest BCUT2D eigenvalue weighted by molar-refractivity contribution is 0.0733. The molecule has 1 N–H and O–H groups in total. The summed E-state index contributed by atoms with van der Waals surface area (Å²) in [5.74, 6) is -0.0218. The number of rotatable bonds is 3. The maximum absolute atomic E-state index is 12.0. The van der Waals surface area contributed by atoms with Crippen molar-refractivity contribution in [3.63, 3.8) is 0 Å². The average Bonchev–Trinajstić information content (AvgIpc) is 2.28. The Balaban J connectivity index is 2.16. The topological polar surface area (TPSA) is 84.4 Å². The first-order valence-electron chi connectivity index (χ1n) is 5.34. The predicted molar refractivity (Wildman–Crippen MR) is 66.7 cm³/mol. The lowest BCUT2D eigenvalue weighted by Gasteiger charge is -2.25. The number of aromatic nitrogens is 2. The second-order valence-electron chi connectivity index (χ2n) is 3.77. The molecular formula is C9H13ClN4O3S. The second-order valence-corrected chi connectivity index (χ2v) is 5.83. The Morgan fingerprint density at radius 1 is 1.39 bits per heavy atom. The average molecular weight is 293 g/mol. The molecule has 0 bridgehead atoms. The van der Waals surface area contributed by atoms with E-state index < -0.39 is 10.2 Å². The summed E-state index contributed by atoms with van der Waals surface area (Å²) in [5.41, 5.74) is 0.592. The van der Waals surface area contributed by atoms with Gasteiger partial charge in [-0.15, -0.1) is 0 Å². The van der Waals surface area contributed by atoms with Gasteiger partial charge in [0.1, 0.15) is 5.15 Å². The first kappa shape index (κ1) is 13.5. The Hall–Kier alpha value is -0.960. The van der Waals surface area contributed by atoms with Crippen molar-refractivity contribution in [1.82, 2.24) is 14.3 Å². The van der Waals surface area contributed by atoms with E-state index in [4.69, 9.17) is 16.3 Å². The number of anilines is 1. The minimum atomic E-state index is -3.65. The van der Waals surface area contributed by atoms with E-state index in [1.165, 1.54) is 4.31 Å². The van der Waals surface area contributed by atoms with Gasteiger partial charge in [-0.25, -0.2) is 14.7 Å². The summed E-state index contributed by atoms with van der Waals surface area (Å²) in [5, 5.41) is 0.196. The summed E-state index contributed by atoms with van der Waals surface area (Å²) in [4.78, 5) is 7.79. The molecule has 2 rings (SSSR count). The standard InChI is InChI=1S/C9H13ClN4O3S/c1-7-6-8(10)12-9(11-7)13-18(15,16)14-2-4-17-5-3-14/h6H,2-5H2,1H3,(H,11,12,13). The van der Waals surface area contributed by atoms with Crippen LogP contribution in [0.2, 0.25) is 5.15 Å². The van der Waals surface area contributed by atoms with Gasteiger partial charge in [0.2, 0.25) is 5.95 Å². The number of nitrogens with one attached hydrogen (secondary N) is 1. The molecule has 0 aromatic carbocycles. The van der Waals surface area contributed by atoms with E-state index in [-0.39, 0.29) is 11.1 Å². The maximum atomic E-state index is 12.0. The van der Waals surface area contributed by atoms with Crippen molar-refractivity contribution in [2.75, 3.05) is 31.0 Å². The van der Waals surface area contributed by atoms with Crippen molar-refractivity contribution >= 4 is 27.8 Å². The molecule has 2 heterocycles. The molecule has 1 fully saturated rings. The highest BCUT2D eigenvalue weighted by Crippen LogP contribution is 2.13. The first-order valence-corrected chi connectivity index (χ1v) is 7.16. The van der Waals surface area contributed by atoms with Crippen LogP contribution in [-0.2, 0) is 14.9 Å². The lowest BCUT2D eigenvalue weighted by Crippen LogP contribution is -2.43. The van der Waals surface area contributed by atoms with Gasteiger partial charge in [-0.05, 0) is 13.0 Å². The third kappa shape index (κ3) is 3.29. The zero-order chi connectivity index (χ0) is 13.2.